The highest BCUT2D eigenvalue weighted by atomic mass is 79.9. The molecule has 0 fully saturated rings. The molecule has 0 spiro atoms. The molecule has 1 unspecified atom stereocenters. The van der Waals surface area contributed by atoms with Crippen molar-refractivity contribution in [1.82, 2.24) is 0 Å². The van der Waals surface area contributed by atoms with Crippen LogP contribution in [0.3, 0.4) is 0 Å². The van der Waals surface area contributed by atoms with Crippen LogP contribution in [-0.4, -0.2) is 5.78 Å². The molecule has 0 amide bonds. The van der Waals surface area contributed by atoms with Crippen molar-refractivity contribution in [3.8, 4) is 0 Å². The second-order valence-electron chi connectivity index (χ2n) is 6.01. The molecule has 1 atom stereocenters. The molecule has 3 aromatic carbocycles. The van der Waals surface area contributed by atoms with E-state index in [0.717, 1.165) is 26.9 Å². The Bertz CT molecular complexity index is 963. The van der Waals surface area contributed by atoms with E-state index in [0.29, 0.717) is 5.56 Å². The Balaban J connectivity index is 1.83. The highest BCUT2D eigenvalue weighted by Gasteiger charge is 2.29. The van der Waals surface area contributed by atoms with E-state index in [1.165, 1.54) is 0 Å². The van der Waals surface area contributed by atoms with Gasteiger partial charge < -0.3 is 5.32 Å². The molecule has 1 heterocycles. The summed E-state index contributed by atoms with van der Waals surface area (Å²) in [6.45, 7) is 0. The molecule has 122 valence electrons. The minimum Gasteiger partial charge on any atom is -0.361 e. The van der Waals surface area contributed by atoms with Gasteiger partial charge in [0.2, 0.25) is 0 Å². The SMILES string of the molecule is O=C(C1=CNc2ccccc2C1c1ccccc1)c1cccc(Br)c1. The van der Waals surface area contributed by atoms with Crippen LogP contribution in [0.5, 0.6) is 0 Å². The number of rotatable bonds is 3. The molecule has 3 heteroatoms. The maximum Gasteiger partial charge on any atom is 0.191 e. The number of anilines is 1. The number of Topliss-reactive ketones (excluding diaryl/α,β-unsaturated/α-hetero) is 1. The molecule has 1 aliphatic heterocycles. The van der Waals surface area contributed by atoms with Crippen LogP contribution >= 0.6 is 15.9 Å². The van der Waals surface area contributed by atoms with Crippen LogP contribution in [0, 0.1) is 0 Å². The number of carbonyl (C=O) groups is 1. The molecule has 0 bridgehead atoms. The summed E-state index contributed by atoms with van der Waals surface area (Å²) in [6.07, 6.45) is 1.85. The van der Waals surface area contributed by atoms with E-state index in [1.807, 2.05) is 66.9 Å². The zero-order valence-corrected chi connectivity index (χ0v) is 15.0. The van der Waals surface area contributed by atoms with Crippen LogP contribution in [0.4, 0.5) is 5.69 Å². The molecular formula is C22H16BrNO. The minimum absolute atomic E-state index is 0.0390. The predicted molar refractivity (Wildman–Crippen MR) is 105 cm³/mol. The van der Waals surface area contributed by atoms with Crippen molar-refractivity contribution in [1.29, 1.82) is 0 Å². The maximum absolute atomic E-state index is 13.2. The first-order valence-electron chi connectivity index (χ1n) is 8.15. The molecule has 3 aromatic rings. The quantitative estimate of drug-likeness (QED) is 0.575. The van der Waals surface area contributed by atoms with Crippen LogP contribution in [0.1, 0.15) is 27.4 Å². The zero-order valence-electron chi connectivity index (χ0n) is 13.4. The molecule has 0 radical (unpaired) electrons. The molecule has 0 saturated heterocycles. The lowest BCUT2D eigenvalue weighted by Gasteiger charge is -2.27. The maximum atomic E-state index is 13.2. The topological polar surface area (TPSA) is 29.1 Å². The number of allylic oxidation sites excluding steroid dienone is 1. The van der Waals surface area contributed by atoms with Crippen molar-refractivity contribution in [2.24, 2.45) is 0 Å². The van der Waals surface area contributed by atoms with Gasteiger partial charge in [-0.3, -0.25) is 4.79 Å². The molecular weight excluding hydrogens is 374 g/mol. The van der Waals surface area contributed by atoms with Gasteiger partial charge in [0.15, 0.2) is 5.78 Å². The van der Waals surface area contributed by atoms with Gasteiger partial charge in [-0.05, 0) is 29.3 Å². The monoisotopic (exact) mass is 389 g/mol. The van der Waals surface area contributed by atoms with Crippen LogP contribution in [0.15, 0.2) is 95.1 Å². The van der Waals surface area contributed by atoms with Crippen LogP contribution in [0.25, 0.3) is 0 Å². The Hall–Kier alpha value is -2.65. The first-order valence-corrected chi connectivity index (χ1v) is 8.94. The van der Waals surface area contributed by atoms with Gasteiger partial charge in [-0.15, -0.1) is 0 Å². The van der Waals surface area contributed by atoms with Crippen molar-refractivity contribution >= 4 is 27.4 Å². The standard InChI is InChI=1S/C22H16BrNO/c23-17-10-6-9-16(13-17)22(25)19-14-24-20-12-5-4-11-18(20)21(19)15-7-2-1-3-8-15/h1-14,21,24H. The summed E-state index contributed by atoms with van der Waals surface area (Å²) < 4.78 is 0.902. The third-order valence-corrected chi connectivity index (χ3v) is 4.94. The van der Waals surface area contributed by atoms with Crippen molar-refractivity contribution in [2.75, 3.05) is 5.32 Å². The van der Waals surface area contributed by atoms with Gasteiger partial charge in [-0.1, -0.05) is 76.6 Å². The largest absolute Gasteiger partial charge is 0.361 e. The average molecular weight is 390 g/mol. The fourth-order valence-corrected chi connectivity index (χ4v) is 3.68. The van der Waals surface area contributed by atoms with Gasteiger partial charge in [0.25, 0.3) is 0 Å². The van der Waals surface area contributed by atoms with Crippen molar-refractivity contribution in [3.05, 3.63) is 112 Å². The number of carbonyl (C=O) groups excluding carboxylic acids is 1. The fourth-order valence-electron chi connectivity index (χ4n) is 3.28. The summed E-state index contributed by atoms with van der Waals surface area (Å²) in [6, 6.07) is 25.9. The molecule has 1 aliphatic rings. The van der Waals surface area contributed by atoms with Crippen LogP contribution in [0.2, 0.25) is 0 Å². The normalized spacial score (nSPS) is 15.7. The van der Waals surface area contributed by atoms with E-state index in [2.05, 4.69) is 39.4 Å². The van der Waals surface area contributed by atoms with E-state index in [4.69, 9.17) is 0 Å². The lowest BCUT2D eigenvalue weighted by atomic mass is 9.79. The molecule has 4 rings (SSSR count). The first kappa shape index (κ1) is 15.9. The summed E-state index contributed by atoms with van der Waals surface area (Å²) in [5, 5.41) is 3.28. The number of fused-ring (bicyclic) bond motifs is 1. The third kappa shape index (κ3) is 3.03. The summed E-state index contributed by atoms with van der Waals surface area (Å²) >= 11 is 3.45. The van der Waals surface area contributed by atoms with Gasteiger partial charge in [-0.2, -0.15) is 0 Å². The van der Waals surface area contributed by atoms with E-state index >= 15 is 0 Å². The Morgan fingerprint density at radius 3 is 2.44 bits per heavy atom. The molecule has 0 aliphatic carbocycles. The summed E-state index contributed by atoms with van der Waals surface area (Å²) in [7, 11) is 0. The van der Waals surface area contributed by atoms with Gasteiger partial charge >= 0.3 is 0 Å². The van der Waals surface area contributed by atoms with Crippen LogP contribution in [-0.2, 0) is 0 Å². The second kappa shape index (κ2) is 6.69. The summed E-state index contributed by atoms with van der Waals surface area (Å²) in [5.74, 6) is -0.0395. The van der Waals surface area contributed by atoms with E-state index in [9.17, 15) is 4.79 Å². The van der Waals surface area contributed by atoms with E-state index in [1.54, 1.807) is 0 Å². The number of para-hydroxylation sites is 1. The van der Waals surface area contributed by atoms with Crippen molar-refractivity contribution in [2.45, 2.75) is 5.92 Å². The van der Waals surface area contributed by atoms with Gasteiger partial charge in [0, 0.05) is 33.4 Å². The van der Waals surface area contributed by atoms with Crippen molar-refractivity contribution in [3.63, 3.8) is 0 Å². The second-order valence-corrected chi connectivity index (χ2v) is 6.93. The zero-order chi connectivity index (χ0) is 17.2. The molecule has 1 N–H and O–H groups in total. The smallest absolute Gasteiger partial charge is 0.191 e. The Labute approximate surface area is 155 Å². The highest BCUT2D eigenvalue weighted by molar-refractivity contribution is 9.10. The summed E-state index contributed by atoms with van der Waals surface area (Å²) in [5.41, 5.74) is 4.72. The van der Waals surface area contributed by atoms with Gasteiger partial charge in [-0.25, -0.2) is 0 Å². The lowest BCUT2D eigenvalue weighted by molar-refractivity contribution is 0.102. The van der Waals surface area contributed by atoms with Crippen LogP contribution < -0.4 is 5.32 Å². The van der Waals surface area contributed by atoms with Gasteiger partial charge in [0.05, 0.1) is 0 Å². The Morgan fingerprint density at radius 2 is 1.64 bits per heavy atom. The fraction of sp³-hybridized carbons (Fsp3) is 0.0455. The summed E-state index contributed by atoms with van der Waals surface area (Å²) in [4.78, 5) is 13.2. The first-order chi connectivity index (χ1) is 12.2. The third-order valence-electron chi connectivity index (χ3n) is 4.45. The Kier molecular flexibility index (Phi) is 4.24. The molecule has 0 saturated carbocycles. The molecule has 25 heavy (non-hydrogen) atoms. The molecule has 0 aromatic heterocycles. The number of benzene rings is 3. The number of hydrogen-bond acceptors (Lipinski definition) is 2. The van der Waals surface area contributed by atoms with Crippen molar-refractivity contribution < 1.29 is 4.79 Å². The van der Waals surface area contributed by atoms with Gasteiger partial charge in [0.1, 0.15) is 0 Å². The molecule has 2 nitrogen and oxygen atoms in total. The van der Waals surface area contributed by atoms with E-state index in [-0.39, 0.29) is 11.7 Å². The number of nitrogens with one attached hydrogen (secondary N) is 1. The number of hydrogen-bond donors (Lipinski definition) is 1. The highest BCUT2D eigenvalue weighted by Crippen LogP contribution is 2.40. The predicted octanol–water partition coefficient (Wildman–Crippen LogP) is 5.77. The lowest BCUT2D eigenvalue weighted by Crippen LogP contribution is -2.19. The average Bonchev–Trinajstić information content (AvgIpc) is 2.67. The number of halogens is 1. The van der Waals surface area contributed by atoms with E-state index < -0.39 is 0 Å². The minimum atomic E-state index is -0.0786. The number of ketones is 1. The Morgan fingerprint density at radius 1 is 0.880 bits per heavy atom.